The van der Waals surface area contributed by atoms with Gasteiger partial charge in [-0.2, -0.15) is 0 Å². The third-order valence-electron chi connectivity index (χ3n) is 3.70. The van der Waals surface area contributed by atoms with E-state index in [1.54, 1.807) is 24.3 Å². The average Bonchev–Trinajstić information content (AvgIpc) is 2.63. The van der Waals surface area contributed by atoms with Crippen molar-refractivity contribution in [3.05, 3.63) is 69.6 Å². The van der Waals surface area contributed by atoms with Crippen molar-refractivity contribution >= 4 is 56.3 Å². The van der Waals surface area contributed by atoms with E-state index in [1.807, 2.05) is 0 Å². The number of rotatable bonds is 5. The van der Waals surface area contributed by atoms with E-state index in [2.05, 4.69) is 14.7 Å². The lowest BCUT2D eigenvalue weighted by Gasteiger charge is -2.11. The molecule has 144 valence electrons. The molecule has 3 aromatic rings. The second-order valence-electron chi connectivity index (χ2n) is 5.69. The van der Waals surface area contributed by atoms with Crippen LogP contribution in [0.3, 0.4) is 0 Å². The summed E-state index contributed by atoms with van der Waals surface area (Å²) in [6.07, 6.45) is 1.42. The molecule has 10 heteroatoms. The van der Waals surface area contributed by atoms with Crippen LogP contribution < -0.4 is 4.72 Å². The Morgan fingerprint density at radius 3 is 2.32 bits per heavy atom. The van der Waals surface area contributed by atoms with Gasteiger partial charge < -0.3 is 0 Å². The van der Waals surface area contributed by atoms with Gasteiger partial charge in [0.05, 0.1) is 21.9 Å². The molecule has 1 heterocycles. The number of halogens is 3. The van der Waals surface area contributed by atoms with Crippen LogP contribution in [-0.4, -0.2) is 24.2 Å². The summed E-state index contributed by atoms with van der Waals surface area (Å²) in [4.78, 5) is 19.4. The van der Waals surface area contributed by atoms with Crippen LogP contribution in [-0.2, 0) is 10.0 Å². The second kappa shape index (κ2) is 8.05. The Morgan fingerprint density at radius 2 is 1.71 bits per heavy atom. The predicted octanol–water partition coefficient (Wildman–Crippen LogP) is 5.11. The first-order valence-electron chi connectivity index (χ1n) is 7.80. The molecule has 0 aliphatic carbocycles. The highest BCUT2D eigenvalue weighted by molar-refractivity contribution is 7.92. The molecule has 2 aromatic carbocycles. The summed E-state index contributed by atoms with van der Waals surface area (Å²) in [5.41, 5.74) is 1.50. The first-order chi connectivity index (χ1) is 13.2. The lowest BCUT2D eigenvalue weighted by molar-refractivity contribution is 0.101. The van der Waals surface area contributed by atoms with Crippen LogP contribution in [0.15, 0.2) is 53.6 Å². The molecule has 0 unspecified atom stereocenters. The van der Waals surface area contributed by atoms with Gasteiger partial charge in [-0.05, 0) is 24.3 Å². The van der Waals surface area contributed by atoms with Gasteiger partial charge in [0.2, 0.25) is 0 Å². The highest BCUT2D eigenvalue weighted by atomic mass is 35.5. The van der Waals surface area contributed by atoms with E-state index in [0.29, 0.717) is 16.9 Å². The first-order valence-corrected chi connectivity index (χ1v) is 10.4. The third kappa shape index (κ3) is 4.28. The molecule has 0 aliphatic rings. The fraction of sp³-hybridized carbons (Fsp3) is 0.0556. The molecule has 0 saturated carbocycles. The van der Waals surface area contributed by atoms with Crippen molar-refractivity contribution in [1.29, 1.82) is 0 Å². The van der Waals surface area contributed by atoms with Crippen LogP contribution in [0.4, 0.5) is 5.69 Å². The summed E-state index contributed by atoms with van der Waals surface area (Å²) in [7, 11) is -3.92. The molecule has 0 bridgehead atoms. The molecule has 1 N–H and O–H groups in total. The number of sulfonamides is 1. The number of nitrogens with zero attached hydrogens (tertiary/aromatic N) is 2. The van der Waals surface area contributed by atoms with E-state index < -0.39 is 10.0 Å². The van der Waals surface area contributed by atoms with Crippen LogP contribution in [0.25, 0.3) is 11.3 Å². The van der Waals surface area contributed by atoms with Crippen molar-refractivity contribution < 1.29 is 13.2 Å². The van der Waals surface area contributed by atoms with Crippen molar-refractivity contribution in [3.63, 3.8) is 0 Å². The van der Waals surface area contributed by atoms with Crippen LogP contribution in [0, 0.1) is 0 Å². The number of nitrogens with one attached hydrogen (secondary N) is 1. The summed E-state index contributed by atoms with van der Waals surface area (Å²) >= 11 is 17.9. The lowest BCUT2D eigenvalue weighted by Crippen LogP contribution is -2.13. The molecule has 3 rings (SSSR count). The first kappa shape index (κ1) is 20.5. The zero-order valence-electron chi connectivity index (χ0n) is 14.3. The minimum absolute atomic E-state index is 0.00498. The summed E-state index contributed by atoms with van der Waals surface area (Å²) in [5.74, 6) is -0.284. The molecule has 0 aliphatic heterocycles. The number of benzene rings is 2. The Bertz CT molecular complexity index is 1170. The maximum Gasteiger partial charge on any atom is 0.263 e. The van der Waals surface area contributed by atoms with Gasteiger partial charge in [0.15, 0.2) is 10.9 Å². The molecule has 0 atom stereocenters. The monoisotopic (exact) mass is 455 g/mol. The zero-order chi connectivity index (χ0) is 20.5. The quantitative estimate of drug-likeness (QED) is 0.539. The molecule has 28 heavy (non-hydrogen) atoms. The van der Waals surface area contributed by atoms with Crippen LogP contribution in [0.2, 0.25) is 15.2 Å². The van der Waals surface area contributed by atoms with Gasteiger partial charge in [-0.15, -0.1) is 0 Å². The van der Waals surface area contributed by atoms with Crippen LogP contribution >= 0.6 is 34.8 Å². The smallest absolute Gasteiger partial charge is 0.263 e. The summed E-state index contributed by atoms with van der Waals surface area (Å²) < 4.78 is 27.5. The SMILES string of the molecule is CC(=O)c1ncc(-c2ccc(NS(=O)(=O)c3cccc(Cl)c3Cl)cc2)nc1Cl. The molecule has 6 nitrogen and oxygen atoms in total. The van der Waals surface area contributed by atoms with E-state index in [9.17, 15) is 13.2 Å². The van der Waals surface area contributed by atoms with Crippen molar-refractivity contribution in [2.45, 2.75) is 11.8 Å². The Hall–Kier alpha value is -2.19. The number of ketones is 1. The summed E-state index contributed by atoms with van der Waals surface area (Å²) in [6.45, 7) is 1.35. The van der Waals surface area contributed by atoms with E-state index in [-0.39, 0.29) is 31.6 Å². The Kier molecular flexibility index (Phi) is 5.90. The lowest BCUT2D eigenvalue weighted by atomic mass is 10.1. The number of hydrogen-bond acceptors (Lipinski definition) is 5. The second-order valence-corrected chi connectivity index (χ2v) is 8.48. The minimum atomic E-state index is -3.92. The number of Topliss-reactive ketones (excluding diaryl/α,β-unsaturated/α-hetero) is 1. The molecule has 0 saturated heterocycles. The van der Waals surface area contributed by atoms with E-state index in [1.165, 1.54) is 31.3 Å². The van der Waals surface area contributed by atoms with Crippen molar-refractivity contribution in [2.75, 3.05) is 4.72 Å². The van der Waals surface area contributed by atoms with Crippen molar-refractivity contribution in [1.82, 2.24) is 9.97 Å². The number of aromatic nitrogens is 2. The molecule has 0 amide bonds. The fourth-order valence-corrected chi connectivity index (χ4v) is 4.45. The Balaban J connectivity index is 1.86. The van der Waals surface area contributed by atoms with Crippen LogP contribution in [0.1, 0.15) is 17.4 Å². The Labute approximate surface area is 176 Å². The molecule has 0 fully saturated rings. The van der Waals surface area contributed by atoms with Gasteiger partial charge in [0.1, 0.15) is 10.6 Å². The summed E-state index contributed by atoms with van der Waals surface area (Å²) in [6, 6.07) is 10.8. The number of carbonyl (C=O) groups excluding carboxylic acids is 1. The van der Waals surface area contributed by atoms with Gasteiger partial charge in [-0.25, -0.2) is 18.4 Å². The number of anilines is 1. The van der Waals surface area contributed by atoms with Crippen molar-refractivity contribution in [3.8, 4) is 11.3 Å². The zero-order valence-corrected chi connectivity index (χ0v) is 17.4. The number of hydrogen-bond donors (Lipinski definition) is 1. The molecule has 0 radical (unpaired) electrons. The van der Waals surface area contributed by atoms with Crippen molar-refractivity contribution in [2.24, 2.45) is 0 Å². The third-order valence-corrected chi connectivity index (χ3v) is 6.32. The van der Waals surface area contributed by atoms with Gasteiger partial charge in [0.25, 0.3) is 10.0 Å². The highest BCUT2D eigenvalue weighted by Gasteiger charge is 2.19. The average molecular weight is 457 g/mol. The number of carbonyl (C=O) groups is 1. The normalized spacial score (nSPS) is 11.3. The molecular weight excluding hydrogens is 445 g/mol. The topological polar surface area (TPSA) is 89.0 Å². The van der Waals surface area contributed by atoms with Crippen LogP contribution in [0.5, 0.6) is 0 Å². The Morgan fingerprint density at radius 1 is 1.04 bits per heavy atom. The molecule has 1 aromatic heterocycles. The molecule has 0 spiro atoms. The molecular formula is C18H12Cl3N3O3S. The minimum Gasteiger partial charge on any atom is -0.293 e. The summed E-state index contributed by atoms with van der Waals surface area (Å²) in [5, 5.41) is 0.0958. The standard InChI is InChI=1S/C18H12Cl3N3O3S/c1-10(25)17-18(21)23-14(9-22-17)11-5-7-12(8-6-11)24-28(26,27)15-4-2-3-13(19)16(15)20/h2-9,24H,1H3. The largest absolute Gasteiger partial charge is 0.293 e. The van der Waals surface area contributed by atoms with Gasteiger partial charge in [-0.1, -0.05) is 53.0 Å². The predicted molar refractivity (Wildman–Crippen MR) is 110 cm³/mol. The van der Waals surface area contributed by atoms with Gasteiger partial charge >= 0.3 is 0 Å². The van der Waals surface area contributed by atoms with Gasteiger partial charge in [-0.3, -0.25) is 9.52 Å². The fourth-order valence-electron chi connectivity index (χ4n) is 2.35. The van der Waals surface area contributed by atoms with E-state index in [4.69, 9.17) is 34.8 Å². The maximum atomic E-state index is 12.5. The van der Waals surface area contributed by atoms with E-state index >= 15 is 0 Å². The highest BCUT2D eigenvalue weighted by Crippen LogP contribution is 2.30. The van der Waals surface area contributed by atoms with E-state index in [0.717, 1.165) is 0 Å². The van der Waals surface area contributed by atoms with Gasteiger partial charge in [0, 0.05) is 18.2 Å². The maximum absolute atomic E-state index is 12.5.